The summed E-state index contributed by atoms with van der Waals surface area (Å²) in [7, 11) is 0. The van der Waals surface area contributed by atoms with Gasteiger partial charge in [0.05, 0.1) is 15.6 Å². The third-order valence-corrected chi connectivity index (χ3v) is 4.41. The minimum atomic E-state index is -0.413. The molecule has 2 aromatic rings. The minimum Gasteiger partial charge on any atom is -0.340 e. The maximum absolute atomic E-state index is 11.6. The first-order valence-corrected chi connectivity index (χ1v) is 8.23. The van der Waals surface area contributed by atoms with E-state index in [0.29, 0.717) is 13.0 Å². The summed E-state index contributed by atoms with van der Waals surface area (Å²) in [5, 5.41) is 13.7. The van der Waals surface area contributed by atoms with Gasteiger partial charge in [-0.1, -0.05) is 12.1 Å². The van der Waals surface area contributed by atoms with E-state index >= 15 is 0 Å². The summed E-state index contributed by atoms with van der Waals surface area (Å²) in [6.07, 6.45) is 0.678. The maximum atomic E-state index is 11.6. The van der Waals surface area contributed by atoms with E-state index < -0.39 is 4.92 Å². The van der Waals surface area contributed by atoms with Gasteiger partial charge in [-0.25, -0.2) is 4.98 Å². The summed E-state index contributed by atoms with van der Waals surface area (Å²) in [5.74, 6) is 0.0514. The minimum absolute atomic E-state index is 0.0514. The fourth-order valence-electron chi connectivity index (χ4n) is 2.33. The second-order valence-corrected chi connectivity index (χ2v) is 6.43. The van der Waals surface area contributed by atoms with Crippen molar-refractivity contribution in [3.8, 4) is 11.3 Å². The number of non-ortho nitro benzene ring substituents is 1. The first kappa shape index (κ1) is 17.1. The molecule has 7 heteroatoms. The Balaban J connectivity index is 2.10. The van der Waals surface area contributed by atoms with Crippen molar-refractivity contribution >= 4 is 22.9 Å². The lowest BCUT2D eigenvalue weighted by Crippen LogP contribution is -2.36. The average Bonchev–Trinajstić information content (AvgIpc) is 2.95. The van der Waals surface area contributed by atoms with Crippen molar-refractivity contribution in [1.29, 1.82) is 0 Å². The Morgan fingerprint density at radius 3 is 2.78 bits per heavy atom. The summed E-state index contributed by atoms with van der Waals surface area (Å²) >= 11 is 1.51. The molecular weight excluding hydrogens is 314 g/mol. The Morgan fingerprint density at radius 1 is 1.43 bits per heavy atom. The lowest BCUT2D eigenvalue weighted by atomic mass is 10.1. The van der Waals surface area contributed by atoms with Crippen LogP contribution in [0.3, 0.4) is 0 Å². The molecule has 0 saturated heterocycles. The summed E-state index contributed by atoms with van der Waals surface area (Å²) in [6, 6.07) is 6.60. The van der Waals surface area contributed by atoms with Crippen LogP contribution in [0, 0.1) is 10.1 Å². The zero-order valence-electron chi connectivity index (χ0n) is 13.4. The van der Waals surface area contributed by atoms with Gasteiger partial charge in [0, 0.05) is 49.0 Å². The number of aromatic nitrogens is 1. The van der Waals surface area contributed by atoms with Gasteiger partial charge in [-0.3, -0.25) is 14.9 Å². The van der Waals surface area contributed by atoms with Gasteiger partial charge >= 0.3 is 0 Å². The highest BCUT2D eigenvalue weighted by Gasteiger charge is 2.14. The SMILES string of the molecule is CC(=O)N(CCc1nc(-c2cccc([N+](=O)[O-])c2)cs1)C(C)C. The van der Waals surface area contributed by atoms with Gasteiger partial charge < -0.3 is 4.90 Å². The van der Waals surface area contributed by atoms with Crippen LogP contribution < -0.4 is 0 Å². The number of hydrogen-bond donors (Lipinski definition) is 0. The quantitative estimate of drug-likeness (QED) is 0.598. The van der Waals surface area contributed by atoms with E-state index in [1.807, 2.05) is 25.3 Å². The highest BCUT2D eigenvalue weighted by atomic mass is 32.1. The monoisotopic (exact) mass is 333 g/mol. The molecule has 0 radical (unpaired) electrons. The van der Waals surface area contributed by atoms with Crippen LogP contribution in [0.25, 0.3) is 11.3 Å². The molecule has 0 aliphatic carbocycles. The highest BCUT2D eigenvalue weighted by Crippen LogP contribution is 2.25. The van der Waals surface area contributed by atoms with Gasteiger partial charge in [-0.05, 0) is 13.8 Å². The van der Waals surface area contributed by atoms with Crippen molar-refractivity contribution < 1.29 is 9.72 Å². The predicted molar refractivity (Wildman–Crippen MR) is 90.4 cm³/mol. The van der Waals surface area contributed by atoms with E-state index in [2.05, 4.69) is 4.98 Å². The van der Waals surface area contributed by atoms with E-state index in [-0.39, 0.29) is 17.6 Å². The molecule has 0 fully saturated rings. The summed E-state index contributed by atoms with van der Waals surface area (Å²) < 4.78 is 0. The van der Waals surface area contributed by atoms with Crippen molar-refractivity contribution in [3.05, 3.63) is 44.8 Å². The van der Waals surface area contributed by atoms with E-state index in [1.54, 1.807) is 17.9 Å². The number of nitro groups is 1. The summed E-state index contributed by atoms with van der Waals surface area (Å²) in [5.41, 5.74) is 1.52. The third kappa shape index (κ3) is 4.35. The number of amides is 1. The molecule has 0 spiro atoms. The van der Waals surface area contributed by atoms with Crippen LogP contribution >= 0.6 is 11.3 Å². The number of rotatable bonds is 6. The van der Waals surface area contributed by atoms with E-state index in [0.717, 1.165) is 16.3 Å². The molecule has 6 nitrogen and oxygen atoms in total. The van der Waals surface area contributed by atoms with Gasteiger partial charge in [0.25, 0.3) is 5.69 Å². The second-order valence-electron chi connectivity index (χ2n) is 5.49. The van der Waals surface area contributed by atoms with Gasteiger partial charge in [-0.15, -0.1) is 11.3 Å². The van der Waals surface area contributed by atoms with Crippen molar-refractivity contribution in [1.82, 2.24) is 9.88 Å². The first-order chi connectivity index (χ1) is 10.9. The van der Waals surface area contributed by atoms with Crippen LogP contribution in [0.15, 0.2) is 29.6 Å². The van der Waals surface area contributed by atoms with Gasteiger partial charge in [0.1, 0.15) is 0 Å². The number of thiazole rings is 1. The molecule has 0 bridgehead atoms. The van der Waals surface area contributed by atoms with Gasteiger partial charge in [0.2, 0.25) is 5.91 Å². The maximum Gasteiger partial charge on any atom is 0.270 e. The van der Waals surface area contributed by atoms with Crippen LogP contribution in [-0.4, -0.2) is 33.3 Å². The topological polar surface area (TPSA) is 76.3 Å². The molecule has 0 aliphatic rings. The smallest absolute Gasteiger partial charge is 0.270 e. The van der Waals surface area contributed by atoms with Crippen LogP contribution in [0.1, 0.15) is 25.8 Å². The third-order valence-electron chi connectivity index (χ3n) is 3.50. The summed E-state index contributed by atoms with van der Waals surface area (Å²) in [6.45, 7) is 6.15. The Morgan fingerprint density at radius 2 is 2.17 bits per heavy atom. The fraction of sp³-hybridized carbons (Fsp3) is 0.375. The van der Waals surface area contributed by atoms with Crippen LogP contribution in [0.4, 0.5) is 5.69 Å². The first-order valence-electron chi connectivity index (χ1n) is 7.35. The zero-order chi connectivity index (χ0) is 17.0. The summed E-state index contributed by atoms with van der Waals surface area (Å²) in [4.78, 5) is 28.3. The number of hydrogen-bond acceptors (Lipinski definition) is 5. The number of nitro benzene ring substituents is 1. The van der Waals surface area contributed by atoms with E-state index in [1.165, 1.54) is 23.5 Å². The molecule has 0 unspecified atom stereocenters. The van der Waals surface area contributed by atoms with Crippen molar-refractivity contribution in [3.63, 3.8) is 0 Å². The number of nitrogens with zero attached hydrogens (tertiary/aromatic N) is 3. The van der Waals surface area contributed by atoms with Crippen molar-refractivity contribution in [2.24, 2.45) is 0 Å². The number of benzene rings is 1. The largest absolute Gasteiger partial charge is 0.340 e. The fourth-order valence-corrected chi connectivity index (χ4v) is 3.13. The van der Waals surface area contributed by atoms with Crippen LogP contribution in [0.2, 0.25) is 0 Å². The van der Waals surface area contributed by atoms with Gasteiger partial charge in [0.15, 0.2) is 0 Å². The van der Waals surface area contributed by atoms with Crippen LogP contribution in [0.5, 0.6) is 0 Å². The van der Waals surface area contributed by atoms with Crippen LogP contribution in [-0.2, 0) is 11.2 Å². The molecule has 122 valence electrons. The molecule has 2 rings (SSSR count). The number of carbonyl (C=O) groups excluding carboxylic acids is 1. The Kier molecular flexibility index (Phi) is 5.44. The normalized spacial score (nSPS) is 10.8. The molecule has 1 heterocycles. The molecule has 0 N–H and O–H groups in total. The molecule has 1 aromatic carbocycles. The van der Waals surface area contributed by atoms with E-state index in [4.69, 9.17) is 0 Å². The molecule has 1 aromatic heterocycles. The lowest BCUT2D eigenvalue weighted by molar-refractivity contribution is -0.384. The lowest BCUT2D eigenvalue weighted by Gasteiger charge is -2.24. The Bertz CT molecular complexity index is 712. The van der Waals surface area contributed by atoms with Crippen molar-refractivity contribution in [2.75, 3.05) is 6.54 Å². The molecule has 1 amide bonds. The molecule has 0 atom stereocenters. The molecule has 0 aliphatic heterocycles. The molecule has 23 heavy (non-hydrogen) atoms. The Labute approximate surface area is 138 Å². The molecular formula is C16H19N3O3S. The molecule has 0 saturated carbocycles. The highest BCUT2D eigenvalue weighted by molar-refractivity contribution is 7.09. The van der Waals surface area contributed by atoms with E-state index in [9.17, 15) is 14.9 Å². The van der Waals surface area contributed by atoms with Crippen molar-refractivity contribution in [2.45, 2.75) is 33.2 Å². The van der Waals surface area contributed by atoms with Gasteiger partial charge in [-0.2, -0.15) is 0 Å². The predicted octanol–water partition coefficient (Wildman–Crippen LogP) is 3.52. The zero-order valence-corrected chi connectivity index (χ0v) is 14.2. The Hall–Kier alpha value is -2.28. The number of carbonyl (C=O) groups is 1. The second kappa shape index (κ2) is 7.32. The standard InChI is InChI=1S/C16H19N3O3S/c1-11(2)18(12(3)20)8-7-16-17-15(10-23-16)13-5-4-6-14(9-13)19(21)22/h4-6,9-11H,7-8H2,1-3H3. The average molecular weight is 333 g/mol.